The van der Waals surface area contributed by atoms with Crippen LogP contribution in [0.4, 0.5) is 5.69 Å². The molecule has 0 aliphatic carbocycles. The van der Waals surface area contributed by atoms with Gasteiger partial charge in [0, 0.05) is 17.3 Å². The van der Waals surface area contributed by atoms with E-state index in [4.69, 9.17) is 11.6 Å². The normalized spacial score (nSPS) is 13.6. The zero-order valence-corrected chi connectivity index (χ0v) is 13.8. The first-order valence-corrected chi connectivity index (χ1v) is 7.96. The summed E-state index contributed by atoms with van der Waals surface area (Å²) in [4.78, 5) is 0. The summed E-state index contributed by atoms with van der Waals surface area (Å²) in [7, 11) is 0. The number of hydrogen-bond donors (Lipinski definition) is 3. The van der Waals surface area contributed by atoms with Crippen molar-refractivity contribution in [2.75, 3.05) is 18.4 Å². The van der Waals surface area contributed by atoms with E-state index >= 15 is 0 Å². The summed E-state index contributed by atoms with van der Waals surface area (Å²) in [5, 5.41) is 17.9. The first kappa shape index (κ1) is 16.8. The van der Waals surface area contributed by atoms with E-state index in [1.807, 2.05) is 49.4 Å². The summed E-state index contributed by atoms with van der Waals surface area (Å²) >= 11 is 5.97. The maximum Gasteiger partial charge on any atom is 0.0907 e. The third-order valence-corrected chi connectivity index (χ3v) is 3.93. The van der Waals surface area contributed by atoms with Gasteiger partial charge in [0.15, 0.2) is 0 Å². The Hall–Kier alpha value is -1.55. The number of aliphatic hydroxyl groups is 1. The van der Waals surface area contributed by atoms with Crippen LogP contribution in [-0.4, -0.2) is 24.3 Å². The van der Waals surface area contributed by atoms with Gasteiger partial charge in [0.2, 0.25) is 0 Å². The van der Waals surface area contributed by atoms with Crippen LogP contribution in [-0.2, 0) is 0 Å². The minimum atomic E-state index is -0.541. The summed E-state index contributed by atoms with van der Waals surface area (Å²) in [6.45, 7) is 5.44. The van der Waals surface area contributed by atoms with Crippen molar-refractivity contribution in [3.8, 4) is 0 Å². The molecule has 0 fully saturated rings. The van der Waals surface area contributed by atoms with Crippen LogP contribution in [0.3, 0.4) is 0 Å². The lowest BCUT2D eigenvalue weighted by Gasteiger charge is -2.26. The number of aryl methyl sites for hydroxylation is 1. The molecule has 0 aliphatic rings. The number of likely N-dealkylation sites (N-methyl/N-ethyl adjacent to an activating group) is 1. The summed E-state index contributed by atoms with van der Waals surface area (Å²) < 4.78 is 0. The fourth-order valence-electron chi connectivity index (χ4n) is 2.38. The van der Waals surface area contributed by atoms with Crippen molar-refractivity contribution in [2.45, 2.75) is 26.0 Å². The second kappa shape index (κ2) is 8.18. The maximum atomic E-state index is 10.6. The van der Waals surface area contributed by atoms with Gasteiger partial charge in [0.25, 0.3) is 0 Å². The molecule has 0 bridgehead atoms. The molecule has 3 N–H and O–H groups in total. The first-order valence-electron chi connectivity index (χ1n) is 7.58. The lowest BCUT2D eigenvalue weighted by atomic mass is 10.00. The predicted octanol–water partition coefficient (Wildman–Crippen LogP) is 3.77. The van der Waals surface area contributed by atoms with Gasteiger partial charge >= 0.3 is 0 Å². The molecule has 0 amide bonds. The highest BCUT2D eigenvalue weighted by atomic mass is 35.5. The Morgan fingerprint density at radius 1 is 1.09 bits per heavy atom. The lowest BCUT2D eigenvalue weighted by Crippen LogP contribution is -2.35. The van der Waals surface area contributed by atoms with Crippen molar-refractivity contribution < 1.29 is 5.11 Å². The summed E-state index contributed by atoms with van der Waals surface area (Å²) in [6.07, 6.45) is -0.541. The highest BCUT2D eigenvalue weighted by molar-refractivity contribution is 6.30. The van der Waals surface area contributed by atoms with E-state index < -0.39 is 6.10 Å². The quantitative estimate of drug-likeness (QED) is 0.728. The summed E-state index contributed by atoms with van der Waals surface area (Å²) in [5.41, 5.74) is 3.19. The van der Waals surface area contributed by atoms with Crippen LogP contribution in [0.15, 0.2) is 48.5 Å². The molecule has 0 aromatic heterocycles. The van der Waals surface area contributed by atoms with Crippen molar-refractivity contribution in [1.82, 2.24) is 5.32 Å². The minimum Gasteiger partial charge on any atom is -0.389 e. The average molecular weight is 319 g/mol. The van der Waals surface area contributed by atoms with Gasteiger partial charge in [-0.05, 0) is 42.8 Å². The number of nitrogens with one attached hydrogen (secondary N) is 2. The highest BCUT2D eigenvalue weighted by Gasteiger charge is 2.21. The van der Waals surface area contributed by atoms with Crippen molar-refractivity contribution in [3.63, 3.8) is 0 Å². The zero-order valence-electron chi connectivity index (χ0n) is 13.0. The van der Waals surface area contributed by atoms with Crippen LogP contribution in [0.2, 0.25) is 5.02 Å². The fourth-order valence-corrected chi connectivity index (χ4v) is 2.51. The Bertz CT molecular complexity index is 586. The molecule has 2 aromatic rings. The van der Waals surface area contributed by atoms with Gasteiger partial charge in [-0.25, -0.2) is 0 Å². The molecule has 2 aromatic carbocycles. The Morgan fingerprint density at radius 2 is 1.77 bits per heavy atom. The second-order valence-electron chi connectivity index (χ2n) is 5.36. The minimum absolute atomic E-state index is 0.197. The van der Waals surface area contributed by atoms with Crippen LogP contribution in [0, 0.1) is 6.92 Å². The Labute approximate surface area is 137 Å². The van der Waals surface area contributed by atoms with Gasteiger partial charge in [-0.2, -0.15) is 0 Å². The highest BCUT2D eigenvalue weighted by Crippen LogP contribution is 2.26. The lowest BCUT2D eigenvalue weighted by molar-refractivity contribution is 0.150. The number of rotatable bonds is 7. The number of hydrogen-bond acceptors (Lipinski definition) is 3. The Morgan fingerprint density at radius 3 is 2.41 bits per heavy atom. The number of anilines is 1. The summed E-state index contributed by atoms with van der Waals surface area (Å²) in [6, 6.07) is 15.5. The van der Waals surface area contributed by atoms with Gasteiger partial charge in [0.1, 0.15) is 0 Å². The van der Waals surface area contributed by atoms with Crippen LogP contribution >= 0.6 is 11.6 Å². The summed E-state index contributed by atoms with van der Waals surface area (Å²) in [5.74, 6) is 0. The van der Waals surface area contributed by atoms with Crippen LogP contribution in [0.25, 0.3) is 0 Å². The third-order valence-electron chi connectivity index (χ3n) is 3.67. The van der Waals surface area contributed by atoms with E-state index in [2.05, 4.69) is 23.6 Å². The monoisotopic (exact) mass is 318 g/mol. The topological polar surface area (TPSA) is 44.3 Å². The largest absolute Gasteiger partial charge is 0.389 e. The standard InChI is InChI=1S/C18H23ClN2O/c1-3-20-12-17(22)18(14-8-10-15(19)11-9-14)21-16-7-5-4-6-13(16)2/h4-11,17-18,20-22H,3,12H2,1-2H3. The van der Waals surface area contributed by atoms with Crippen molar-refractivity contribution in [2.24, 2.45) is 0 Å². The van der Waals surface area contributed by atoms with Gasteiger partial charge in [-0.15, -0.1) is 0 Å². The van der Waals surface area contributed by atoms with Crippen molar-refractivity contribution >= 4 is 17.3 Å². The van der Waals surface area contributed by atoms with E-state index in [1.165, 1.54) is 0 Å². The van der Waals surface area contributed by atoms with Crippen molar-refractivity contribution in [3.05, 3.63) is 64.7 Å². The molecule has 0 saturated carbocycles. The van der Waals surface area contributed by atoms with Gasteiger partial charge in [-0.1, -0.05) is 48.9 Å². The number of aliphatic hydroxyl groups excluding tert-OH is 1. The number of para-hydroxylation sites is 1. The Balaban J connectivity index is 2.24. The third kappa shape index (κ3) is 4.47. The van der Waals surface area contributed by atoms with Gasteiger partial charge in [-0.3, -0.25) is 0 Å². The molecule has 22 heavy (non-hydrogen) atoms. The molecule has 118 valence electrons. The average Bonchev–Trinajstić information content (AvgIpc) is 2.53. The molecule has 0 spiro atoms. The fraction of sp³-hybridized carbons (Fsp3) is 0.333. The second-order valence-corrected chi connectivity index (χ2v) is 5.80. The molecule has 4 heteroatoms. The molecule has 0 aliphatic heterocycles. The number of benzene rings is 2. The molecule has 0 heterocycles. The molecule has 2 rings (SSSR count). The van der Waals surface area contributed by atoms with Crippen LogP contribution in [0.5, 0.6) is 0 Å². The van der Waals surface area contributed by atoms with E-state index in [0.29, 0.717) is 11.6 Å². The van der Waals surface area contributed by atoms with E-state index in [9.17, 15) is 5.11 Å². The maximum absolute atomic E-state index is 10.6. The SMILES string of the molecule is CCNCC(O)C(Nc1ccccc1C)c1ccc(Cl)cc1. The van der Waals surface area contributed by atoms with E-state index in [1.54, 1.807) is 0 Å². The number of halogens is 1. The van der Waals surface area contributed by atoms with E-state index in [0.717, 1.165) is 23.4 Å². The predicted molar refractivity (Wildman–Crippen MR) is 93.5 cm³/mol. The van der Waals surface area contributed by atoms with Crippen LogP contribution in [0.1, 0.15) is 24.1 Å². The molecule has 2 atom stereocenters. The first-order chi connectivity index (χ1) is 10.6. The molecule has 0 radical (unpaired) electrons. The van der Waals surface area contributed by atoms with E-state index in [-0.39, 0.29) is 6.04 Å². The zero-order chi connectivity index (χ0) is 15.9. The van der Waals surface area contributed by atoms with Gasteiger partial charge < -0.3 is 15.7 Å². The molecule has 0 saturated heterocycles. The smallest absolute Gasteiger partial charge is 0.0907 e. The molecular weight excluding hydrogens is 296 g/mol. The molecule has 3 nitrogen and oxygen atoms in total. The van der Waals surface area contributed by atoms with Crippen molar-refractivity contribution in [1.29, 1.82) is 0 Å². The van der Waals surface area contributed by atoms with Gasteiger partial charge in [0.05, 0.1) is 12.1 Å². The molecule has 2 unspecified atom stereocenters. The van der Waals surface area contributed by atoms with Crippen LogP contribution < -0.4 is 10.6 Å². The molecular formula is C18H23ClN2O. The Kier molecular flexibility index (Phi) is 6.25.